The predicted octanol–water partition coefficient (Wildman–Crippen LogP) is 8.99. The highest BCUT2D eigenvalue weighted by Crippen LogP contribution is 2.55. The highest BCUT2D eigenvalue weighted by atomic mass is 79.9. The maximum absolute atomic E-state index is 14.6. The average molecular weight is 681 g/mol. The van der Waals surface area contributed by atoms with E-state index in [0.29, 0.717) is 0 Å². The second kappa shape index (κ2) is 11.5. The molecule has 17 heteroatoms. The van der Waals surface area contributed by atoms with Crippen molar-refractivity contribution in [2.75, 3.05) is 10.6 Å². The Kier molecular flexibility index (Phi) is 9.03. The van der Waals surface area contributed by atoms with Gasteiger partial charge in [-0.3, -0.25) is 9.59 Å². The van der Waals surface area contributed by atoms with Gasteiger partial charge in [-0.25, -0.2) is 8.78 Å². The molecule has 0 bridgehead atoms. The van der Waals surface area contributed by atoms with Crippen LogP contribution in [-0.4, -0.2) is 29.7 Å². The normalized spacial score (nSPS) is 12.7. The van der Waals surface area contributed by atoms with Gasteiger partial charge in [0, 0.05) is 26.2 Å². The molecular weight excluding hydrogens is 669 g/mol. The molecule has 0 fully saturated rings. The van der Waals surface area contributed by atoms with Crippen LogP contribution in [0.1, 0.15) is 26.3 Å². The fourth-order valence-corrected chi connectivity index (χ4v) is 4.75. The molecular formula is C24H12BrF11N2O2S. The summed E-state index contributed by atoms with van der Waals surface area (Å²) in [5.74, 6) is -3.01. The maximum atomic E-state index is 14.6. The third kappa shape index (κ3) is 7.12. The summed E-state index contributed by atoms with van der Waals surface area (Å²) < 4.78 is 146. The highest BCUT2D eigenvalue weighted by molar-refractivity contribution is 9.10. The molecule has 0 aliphatic carbocycles. The van der Waals surface area contributed by atoms with E-state index < -0.39 is 73.5 Å². The van der Waals surface area contributed by atoms with E-state index in [1.807, 2.05) is 5.32 Å². The number of nitrogens with one attached hydrogen (secondary N) is 2. The van der Waals surface area contributed by atoms with Crippen LogP contribution in [0.5, 0.6) is 0 Å². The lowest BCUT2D eigenvalue weighted by Gasteiger charge is -2.31. The summed E-state index contributed by atoms with van der Waals surface area (Å²) in [4.78, 5) is 23.7. The molecule has 0 spiro atoms. The Balaban J connectivity index is 2.00. The lowest BCUT2D eigenvalue weighted by molar-refractivity contribution is -0.348. The van der Waals surface area contributed by atoms with Gasteiger partial charge in [-0.15, -0.1) is 0 Å². The molecule has 220 valence electrons. The van der Waals surface area contributed by atoms with E-state index in [-0.39, 0.29) is 28.9 Å². The van der Waals surface area contributed by atoms with Crippen LogP contribution in [0.2, 0.25) is 0 Å². The first-order valence-corrected chi connectivity index (χ1v) is 12.2. The van der Waals surface area contributed by atoms with Crippen molar-refractivity contribution in [3.8, 4) is 0 Å². The van der Waals surface area contributed by atoms with Crippen molar-refractivity contribution in [2.24, 2.45) is 0 Å². The minimum Gasteiger partial charge on any atom is -0.322 e. The standard InChI is InChI=1S/C24H12BrF11N2O2S/c25-15-9-12(21(27,22(28,29)30)23(31,32)33)10-17(41-24(34,35)36)18(15)38-19(39)11-4-3-5-13(8-11)37-20(40)14-6-1-2-7-16(14)26/h1-10H,(H,37,40)(H,38,39). The third-order valence-corrected chi connectivity index (χ3v) is 6.60. The van der Waals surface area contributed by atoms with Gasteiger partial charge in [0.25, 0.3) is 11.8 Å². The summed E-state index contributed by atoms with van der Waals surface area (Å²) in [5.41, 5.74) is -15.3. The molecule has 0 aromatic heterocycles. The number of halogens is 12. The van der Waals surface area contributed by atoms with E-state index in [2.05, 4.69) is 21.2 Å². The molecule has 3 aromatic rings. The summed E-state index contributed by atoms with van der Waals surface area (Å²) in [6.45, 7) is 0. The van der Waals surface area contributed by atoms with Gasteiger partial charge in [0.2, 0.25) is 0 Å². The summed E-state index contributed by atoms with van der Waals surface area (Å²) in [6.07, 6.45) is -13.2. The van der Waals surface area contributed by atoms with Crippen molar-refractivity contribution in [1.82, 2.24) is 0 Å². The Morgan fingerprint density at radius 1 is 0.732 bits per heavy atom. The lowest BCUT2D eigenvalue weighted by atomic mass is 9.94. The van der Waals surface area contributed by atoms with Crippen molar-refractivity contribution < 1.29 is 57.9 Å². The van der Waals surface area contributed by atoms with Gasteiger partial charge < -0.3 is 10.6 Å². The van der Waals surface area contributed by atoms with Crippen molar-refractivity contribution in [1.29, 1.82) is 0 Å². The van der Waals surface area contributed by atoms with E-state index in [1.54, 1.807) is 0 Å². The minimum absolute atomic E-state index is 0.0535. The molecule has 2 amide bonds. The monoisotopic (exact) mass is 680 g/mol. The summed E-state index contributed by atoms with van der Waals surface area (Å²) in [7, 11) is 0. The number of carbonyl (C=O) groups excluding carboxylic acids is 2. The van der Waals surface area contributed by atoms with Crippen LogP contribution in [0, 0.1) is 5.82 Å². The number of hydrogen-bond donors (Lipinski definition) is 2. The van der Waals surface area contributed by atoms with Gasteiger partial charge >= 0.3 is 23.5 Å². The average Bonchev–Trinajstić information content (AvgIpc) is 2.83. The molecule has 2 N–H and O–H groups in total. The third-order valence-electron chi connectivity index (χ3n) is 5.20. The van der Waals surface area contributed by atoms with Crippen LogP contribution in [0.3, 0.4) is 0 Å². The van der Waals surface area contributed by atoms with Crippen LogP contribution in [-0.2, 0) is 5.67 Å². The molecule has 0 atom stereocenters. The Hall–Kier alpha value is -3.34. The molecule has 41 heavy (non-hydrogen) atoms. The largest absolute Gasteiger partial charge is 0.446 e. The number of rotatable bonds is 6. The van der Waals surface area contributed by atoms with Gasteiger partial charge in [-0.05, 0) is 70.2 Å². The van der Waals surface area contributed by atoms with Crippen LogP contribution < -0.4 is 10.6 Å². The highest BCUT2D eigenvalue weighted by Gasteiger charge is 2.73. The van der Waals surface area contributed by atoms with Gasteiger partial charge in [0.15, 0.2) is 0 Å². The van der Waals surface area contributed by atoms with Crippen LogP contribution in [0.25, 0.3) is 0 Å². The molecule has 4 nitrogen and oxygen atoms in total. The Labute approximate surface area is 235 Å². The fraction of sp³-hybridized carbons (Fsp3) is 0.167. The van der Waals surface area contributed by atoms with Crippen LogP contribution in [0.4, 0.5) is 59.7 Å². The van der Waals surface area contributed by atoms with E-state index in [9.17, 15) is 57.9 Å². The van der Waals surface area contributed by atoms with Crippen molar-refractivity contribution in [3.63, 3.8) is 0 Å². The Bertz CT molecular complexity index is 1460. The van der Waals surface area contributed by atoms with Crippen molar-refractivity contribution in [2.45, 2.75) is 28.4 Å². The first kappa shape index (κ1) is 32.2. The zero-order valence-corrected chi connectivity index (χ0v) is 21.9. The summed E-state index contributed by atoms with van der Waals surface area (Å²) >= 11 is 1.33. The van der Waals surface area contributed by atoms with Crippen molar-refractivity contribution >= 4 is 50.9 Å². The predicted molar refractivity (Wildman–Crippen MR) is 130 cm³/mol. The molecule has 0 saturated heterocycles. The zero-order chi connectivity index (χ0) is 31.0. The maximum Gasteiger partial charge on any atom is 0.446 e. The molecule has 3 rings (SSSR count). The minimum atomic E-state index is -6.61. The quantitative estimate of drug-likeness (QED) is 0.202. The molecule has 0 saturated carbocycles. The number of anilines is 2. The summed E-state index contributed by atoms with van der Waals surface area (Å²) in [6, 6.07) is 9.08. The van der Waals surface area contributed by atoms with Gasteiger partial charge in [0.05, 0.1) is 11.3 Å². The number of carbonyl (C=O) groups is 2. The molecule has 0 radical (unpaired) electrons. The number of benzene rings is 3. The second-order valence-electron chi connectivity index (χ2n) is 8.00. The SMILES string of the molecule is O=C(Nc1c(Br)cc(C(F)(C(F)(F)F)C(F)(F)F)cc1SC(F)(F)F)c1cccc(NC(=O)c2ccccc2F)c1. The Morgan fingerprint density at radius 2 is 1.34 bits per heavy atom. The smallest absolute Gasteiger partial charge is 0.322 e. The molecule has 0 unspecified atom stereocenters. The first-order valence-electron chi connectivity index (χ1n) is 10.6. The first-order chi connectivity index (χ1) is 18.7. The van der Waals surface area contributed by atoms with E-state index in [0.717, 1.165) is 24.3 Å². The van der Waals surface area contributed by atoms with Crippen molar-refractivity contribution in [3.05, 3.63) is 87.6 Å². The number of thioether (sulfide) groups is 1. The lowest BCUT2D eigenvalue weighted by Crippen LogP contribution is -2.50. The number of alkyl halides is 10. The Morgan fingerprint density at radius 3 is 1.90 bits per heavy atom. The number of amides is 2. The molecule has 3 aromatic carbocycles. The van der Waals surface area contributed by atoms with Gasteiger partial charge in [-0.1, -0.05) is 18.2 Å². The molecule has 0 aliphatic rings. The van der Waals surface area contributed by atoms with E-state index in [1.165, 1.54) is 24.3 Å². The molecule has 0 heterocycles. The fourth-order valence-electron chi connectivity index (χ4n) is 3.36. The topological polar surface area (TPSA) is 58.2 Å². The van der Waals surface area contributed by atoms with Crippen LogP contribution >= 0.6 is 27.7 Å². The van der Waals surface area contributed by atoms with Gasteiger partial charge in [-0.2, -0.15) is 39.5 Å². The molecule has 0 aliphatic heterocycles. The van der Waals surface area contributed by atoms with E-state index in [4.69, 9.17) is 0 Å². The zero-order valence-electron chi connectivity index (χ0n) is 19.5. The van der Waals surface area contributed by atoms with E-state index >= 15 is 0 Å². The van der Waals surface area contributed by atoms with Crippen LogP contribution in [0.15, 0.2) is 70.0 Å². The van der Waals surface area contributed by atoms with Gasteiger partial charge in [0.1, 0.15) is 5.82 Å². The number of hydrogen-bond acceptors (Lipinski definition) is 3. The summed E-state index contributed by atoms with van der Waals surface area (Å²) in [5, 5.41) is 4.22. The second-order valence-corrected chi connectivity index (χ2v) is 9.96.